The number of nitrogens with zero attached hydrogens (tertiary/aromatic N) is 2. The summed E-state index contributed by atoms with van der Waals surface area (Å²) in [4.78, 5) is 28.9. The number of hydrogen-bond acceptors (Lipinski definition) is 4. The molecule has 0 unspecified atom stereocenters. The molecule has 2 aliphatic rings. The normalized spacial score (nSPS) is 24.4. The highest BCUT2D eigenvalue weighted by Gasteiger charge is 2.39. The third-order valence-electron chi connectivity index (χ3n) is 4.77. The number of hydrogen-bond donors (Lipinski definition) is 0. The summed E-state index contributed by atoms with van der Waals surface area (Å²) >= 11 is 0. The Balaban J connectivity index is 1.90. The van der Waals surface area contributed by atoms with Crippen molar-refractivity contribution in [1.82, 2.24) is 9.80 Å². The van der Waals surface area contributed by atoms with Crippen LogP contribution in [0.25, 0.3) is 0 Å². The van der Waals surface area contributed by atoms with E-state index in [-0.39, 0.29) is 23.8 Å². The van der Waals surface area contributed by atoms with Crippen molar-refractivity contribution < 1.29 is 19.1 Å². The van der Waals surface area contributed by atoms with Crippen molar-refractivity contribution >= 4 is 11.8 Å². The molecule has 2 atom stereocenters. The fraction of sp³-hybridized carbons (Fsp3) is 0.529. The summed E-state index contributed by atoms with van der Waals surface area (Å²) in [6.45, 7) is 3.62. The Labute approximate surface area is 136 Å². The lowest BCUT2D eigenvalue weighted by Gasteiger charge is -2.29. The van der Waals surface area contributed by atoms with Gasteiger partial charge in [-0.15, -0.1) is 0 Å². The molecule has 2 heterocycles. The van der Waals surface area contributed by atoms with Crippen molar-refractivity contribution in [3.8, 4) is 5.75 Å². The first-order valence-corrected chi connectivity index (χ1v) is 7.80. The van der Waals surface area contributed by atoms with Gasteiger partial charge in [0.1, 0.15) is 5.75 Å². The Bertz CT molecular complexity index is 631. The predicted octanol–water partition coefficient (Wildman–Crippen LogP) is 0.933. The third-order valence-corrected chi connectivity index (χ3v) is 4.77. The average molecular weight is 318 g/mol. The minimum Gasteiger partial charge on any atom is -0.496 e. The Morgan fingerprint density at radius 2 is 2.09 bits per heavy atom. The van der Waals surface area contributed by atoms with Gasteiger partial charge in [0.25, 0.3) is 5.91 Å². The lowest BCUT2D eigenvalue weighted by molar-refractivity contribution is -0.133. The zero-order chi connectivity index (χ0) is 16.6. The molecule has 2 aliphatic heterocycles. The molecule has 2 bridgehead atoms. The standard InChI is InChI=1S/C17H22N2O4/c1-11-14(5-4-6-15(11)22-3)17(21)19-7-12-9-23-10-13(8-19)18(2)16(12)20/h4-6,12-13H,7-10H2,1-3H3/t12-,13+/m1/s1. The van der Waals surface area contributed by atoms with E-state index in [4.69, 9.17) is 9.47 Å². The largest absolute Gasteiger partial charge is 0.496 e. The lowest BCUT2D eigenvalue weighted by Crippen LogP contribution is -2.45. The van der Waals surface area contributed by atoms with E-state index in [1.54, 1.807) is 24.0 Å². The first kappa shape index (κ1) is 15.8. The molecule has 0 radical (unpaired) electrons. The highest BCUT2D eigenvalue weighted by Crippen LogP contribution is 2.25. The number of carbonyl (C=O) groups excluding carboxylic acids is 2. The number of rotatable bonds is 2. The maximum absolute atomic E-state index is 13.0. The van der Waals surface area contributed by atoms with Crippen molar-refractivity contribution in [3.63, 3.8) is 0 Å². The Hall–Kier alpha value is -2.08. The first-order chi connectivity index (χ1) is 11.0. The molecule has 1 aromatic carbocycles. The molecule has 1 aromatic rings. The van der Waals surface area contributed by atoms with E-state index in [1.165, 1.54) is 0 Å². The number of fused-ring (bicyclic) bond motifs is 3. The van der Waals surface area contributed by atoms with Crippen LogP contribution in [0.2, 0.25) is 0 Å². The fourth-order valence-corrected chi connectivity index (χ4v) is 3.30. The predicted molar refractivity (Wildman–Crippen MR) is 84.5 cm³/mol. The van der Waals surface area contributed by atoms with Crippen LogP contribution >= 0.6 is 0 Å². The highest BCUT2D eigenvalue weighted by atomic mass is 16.5. The zero-order valence-corrected chi connectivity index (χ0v) is 13.7. The van der Waals surface area contributed by atoms with Gasteiger partial charge in [-0.3, -0.25) is 9.59 Å². The van der Waals surface area contributed by atoms with Crippen LogP contribution in [0.3, 0.4) is 0 Å². The van der Waals surface area contributed by atoms with Crippen LogP contribution in [0.1, 0.15) is 15.9 Å². The molecule has 3 rings (SSSR count). The van der Waals surface area contributed by atoms with Crippen LogP contribution in [-0.4, -0.2) is 68.1 Å². The minimum absolute atomic E-state index is 0.0543. The second-order valence-corrected chi connectivity index (χ2v) is 6.18. The molecular formula is C17H22N2O4. The number of likely N-dealkylation sites (N-methyl/N-ethyl adjacent to an activating group) is 1. The molecule has 23 heavy (non-hydrogen) atoms. The fourth-order valence-electron chi connectivity index (χ4n) is 3.30. The lowest BCUT2D eigenvalue weighted by atomic mass is 10.0. The summed E-state index contributed by atoms with van der Waals surface area (Å²) < 4.78 is 10.9. The van der Waals surface area contributed by atoms with Crippen molar-refractivity contribution in [2.45, 2.75) is 13.0 Å². The number of benzene rings is 1. The smallest absolute Gasteiger partial charge is 0.254 e. The van der Waals surface area contributed by atoms with Crippen LogP contribution in [0.5, 0.6) is 5.75 Å². The summed E-state index contributed by atoms with van der Waals surface area (Å²) in [7, 11) is 3.39. The summed E-state index contributed by atoms with van der Waals surface area (Å²) in [5.74, 6) is 0.413. The van der Waals surface area contributed by atoms with E-state index < -0.39 is 0 Å². The summed E-state index contributed by atoms with van der Waals surface area (Å²) in [5, 5.41) is 0. The van der Waals surface area contributed by atoms with Gasteiger partial charge >= 0.3 is 0 Å². The summed E-state index contributed by atoms with van der Waals surface area (Å²) in [6.07, 6.45) is 0. The maximum atomic E-state index is 13.0. The molecule has 6 heteroatoms. The molecule has 0 aromatic heterocycles. The van der Waals surface area contributed by atoms with Crippen LogP contribution in [0.15, 0.2) is 18.2 Å². The average Bonchev–Trinajstić information content (AvgIpc) is 2.72. The van der Waals surface area contributed by atoms with E-state index in [2.05, 4.69) is 0 Å². The topological polar surface area (TPSA) is 59.1 Å². The van der Waals surface area contributed by atoms with E-state index in [9.17, 15) is 9.59 Å². The van der Waals surface area contributed by atoms with Crippen molar-refractivity contribution in [2.24, 2.45) is 5.92 Å². The highest BCUT2D eigenvalue weighted by molar-refractivity contribution is 5.97. The Morgan fingerprint density at radius 1 is 1.30 bits per heavy atom. The minimum atomic E-state index is -0.289. The molecule has 6 nitrogen and oxygen atoms in total. The van der Waals surface area contributed by atoms with Crippen LogP contribution < -0.4 is 4.74 Å². The summed E-state index contributed by atoms with van der Waals surface area (Å²) in [5.41, 5.74) is 1.45. The molecule has 0 aliphatic carbocycles. The number of amides is 2. The van der Waals surface area contributed by atoms with Gasteiger partial charge < -0.3 is 19.3 Å². The molecule has 0 N–H and O–H groups in total. The van der Waals surface area contributed by atoms with Crippen molar-refractivity contribution in [2.75, 3.05) is 40.5 Å². The number of methoxy groups -OCH3 is 1. The van der Waals surface area contributed by atoms with Gasteiger partial charge in [-0.2, -0.15) is 0 Å². The zero-order valence-electron chi connectivity index (χ0n) is 13.7. The molecule has 2 fully saturated rings. The number of ether oxygens (including phenoxy) is 2. The van der Waals surface area contributed by atoms with Crippen LogP contribution in [0, 0.1) is 12.8 Å². The van der Waals surface area contributed by atoms with E-state index in [1.807, 2.05) is 25.1 Å². The van der Waals surface area contributed by atoms with Gasteiger partial charge in [0.05, 0.1) is 32.3 Å². The van der Waals surface area contributed by atoms with Gasteiger partial charge in [-0.1, -0.05) is 6.07 Å². The van der Waals surface area contributed by atoms with Crippen molar-refractivity contribution in [3.05, 3.63) is 29.3 Å². The Morgan fingerprint density at radius 3 is 2.83 bits per heavy atom. The van der Waals surface area contributed by atoms with Crippen LogP contribution in [0.4, 0.5) is 0 Å². The quantitative estimate of drug-likeness (QED) is 0.814. The van der Waals surface area contributed by atoms with E-state index >= 15 is 0 Å². The van der Waals surface area contributed by atoms with Gasteiger partial charge in [-0.25, -0.2) is 0 Å². The molecule has 124 valence electrons. The molecule has 0 saturated carbocycles. The van der Waals surface area contributed by atoms with E-state index in [0.29, 0.717) is 37.6 Å². The first-order valence-electron chi connectivity index (χ1n) is 7.80. The van der Waals surface area contributed by atoms with Crippen molar-refractivity contribution in [1.29, 1.82) is 0 Å². The molecule has 2 amide bonds. The third kappa shape index (κ3) is 2.79. The van der Waals surface area contributed by atoms with Gasteiger partial charge in [0, 0.05) is 31.3 Å². The number of carbonyl (C=O) groups is 2. The second kappa shape index (κ2) is 6.20. The monoisotopic (exact) mass is 318 g/mol. The van der Waals surface area contributed by atoms with Gasteiger partial charge in [-0.05, 0) is 19.1 Å². The maximum Gasteiger partial charge on any atom is 0.254 e. The second-order valence-electron chi connectivity index (χ2n) is 6.18. The van der Waals surface area contributed by atoms with E-state index in [0.717, 1.165) is 5.56 Å². The van der Waals surface area contributed by atoms with Crippen LogP contribution in [-0.2, 0) is 9.53 Å². The molecule has 2 saturated heterocycles. The molecule has 0 spiro atoms. The van der Waals surface area contributed by atoms with Gasteiger partial charge in [0.15, 0.2) is 0 Å². The van der Waals surface area contributed by atoms with Gasteiger partial charge in [0.2, 0.25) is 5.91 Å². The molecular weight excluding hydrogens is 296 g/mol. The summed E-state index contributed by atoms with van der Waals surface area (Å²) in [6, 6.07) is 5.37. The SMILES string of the molecule is COc1cccc(C(=O)N2C[C@@H]3COC[C@H](C2)N(C)C3=O)c1C. The Kier molecular flexibility index (Phi) is 4.26.